The lowest BCUT2D eigenvalue weighted by molar-refractivity contribution is 0.333. The summed E-state index contributed by atoms with van der Waals surface area (Å²) in [4.78, 5) is 14.8. The van der Waals surface area contributed by atoms with Gasteiger partial charge in [0.25, 0.3) is 0 Å². The number of aromatic amines is 1. The van der Waals surface area contributed by atoms with Gasteiger partial charge in [0.05, 0.1) is 11.0 Å². The van der Waals surface area contributed by atoms with Gasteiger partial charge in [-0.15, -0.1) is 0 Å². The number of imidazole rings is 1. The first kappa shape index (κ1) is 10.6. The van der Waals surface area contributed by atoms with E-state index in [-0.39, 0.29) is 5.69 Å². The molecule has 0 spiro atoms. The fraction of sp³-hybridized carbons (Fsp3) is 0.462. The topological polar surface area (TPSA) is 49.8 Å². The summed E-state index contributed by atoms with van der Waals surface area (Å²) in [6.07, 6.45) is 2.32. The maximum atomic E-state index is 11.9. The Hall–Kier alpha value is -1.55. The van der Waals surface area contributed by atoms with Crippen LogP contribution in [-0.2, 0) is 6.54 Å². The Morgan fingerprint density at radius 2 is 2.00 bits per heavy atom. The molecule has 0 bridgehead atoms. The average molecular weight is 231 g/mol. The molecule has 0 unspecified atom stereocenters. The van der Waals surface area contributed by atoms with Crippen LogP contribution in [0.3, 0.4) is 0 Å². The molecule has 0 aliphatic carbocycles. The van der Waals surface area contributed by atoms with Crippen LogP contribution in [-0.4, -0.2) is 22.6 Å². The Kier molecular flexibility index (Phi) is 2.73. The number of nitrogens with zero attached hydrogens (tertiary/aromatic N) is 1. The second kappa shape index (κ2) is 4.37. The van der Waals surface area contributed by atoms with Crippen molar-refractivity contribution in [2.45, 2.75) is 19.4 Å². The zero-order chi connectivity index (χ0) is 11.7. The van der Waals surface area contributed by atoms with Crippen molar-refractivity contribution in [2.24, 2.45) is 5.92 Å². The number of hydrogen-bond donors (Lipinski definition) is 2. The number of para-hydroxylation sites is 2. The van der Waals surface area contributed by atoms with Gasteiger partial charge >= 0.3 is 5.69 Å². The average Bonchev–Trinajstić information content (AvgIpc) is 2.68. The van der Waals surface area contributed by atoms with Gasteiger partial charge in [-0.25, -0.2) is 4.79 Å². The van der Waals surface area contributed by atoms with Crippen molar-refractivity contribution in [1.82, 2.24) is 14.9 Å². The highest BCUT2D eigenvalue weighted by molar-refractivity contribution is 5.74. The lowest BCUT2D eigenvalue weighted by Crippen LogP contribution is -2.31. The summed E-state index contributed by atoms with van der Waals surface area (Å²) in [5.74, 6) is 0.619. The van der Waals surface area contributed by atoms with Crippen LogP contribution in [0.5, 0.6) is 0 Å². The predicted octanol–water partition coefficient (Wildman–Crippen LogP) is 1.33. The monoisotopic (exact) mass is 231 g/mol. The molecule has 4 nitrogen and oxygen atoms in total. The molecule has 1 aromatic carbocycles. The molecule has 0 saturated carbocycles. The summed E-state index contributed by atoms with van der Waals surface area (Å²) in [6, 6.07) is 7.89. The molecule has 0 amide bonds. The molecule has 1 fully saturated rings. The normalized spacial score (nSPS) is 17.6. The Bertz CT molecular complexity index is 563. The standard InChI is InChI=1S/C13H17N3O/c17-13-15-11-3-1-2-4-12(11)16(13)9-10-5-7-14-8-6-10/h1-4,10,14H,5-9H2,(H,15,17). The maximum Gasteiger partial charge on any atom is 0.326 e. The van der Waals surface area contributed by atoms with E-state index in [2.05, 4.69) is 10.3 Å². The minimum atomic E-state index is 0.0183. The molecule has 2 N–H and O–H groups in total. The number of fused-ring (bicyclic) bond motifs is 1. The third-order valence-electron chi connectivity index (χ3n) is 3.58. The first-order chi connectivity index (χ1) is 8.34. The van der Waals surface area contributed by atoms with Gasteiger partial charge in [-0.2, -0.15) is 0 Å². The lowest BCUT2D eigenvalue weighted by atomic mass is 9.98. The van der Waals surface area contributed by atoms with E-state index in [0.29, 0.717) is 5.92 Å². The summed E-state index contributed by atoms with van der Waals surface area (Å²) in [5.41, 5.74) is 1.98. The number of aromatic nitrogens is 2. The minimum Gasteiger partial charge on any atom is -0.317 e. The van der Waals surface area contributed by atoms with Gasteiger partial charge < -0.3 is 10.3 Å². The van der Waals surface area contributed by atoms with Gasteiger partial charge in [-0.05, 0) is 44.0 Å². The minimum absolute atomic E-state index is 0.0183. The van der Waals surface area contributed by atoms with E-state index in [1.54, 1.807) is 0 Å². The van der Waals surface area contributed by atoms with Gasteiger partial charge in [-0.1, -0.05) is 12.1 Å². The first-order valence-electron chi connectivity index (χ1n) is 6.23. The molecule has 1 aromatic heterocycles. The Balaban J connectivity index is 1.93. The maximum absolute atomic E-state index is 11.9. The summed E-state index contributed by atoms with van der Waals surface area (Å²) in [7, 11) is 0. The third kappa shape index (κ3) is 2.00. The molecule has 1 aliphatic rings. The summed E-state index contributed by atoms with van der Waals surface area (Å²) in [6.45, 7) is 2.98. The van der Waals surface area contributed by atoms with Gasteiger partial charge in [0.1, 0.15) is 0 Å². The number of piperidine rings is 1. The Morgan fingerprint density at radius 1 is 1.24 bits per heavy atom. The summed E-state index contributed by atoms with van der Waals surface area (Å²) >= 11 is 0. The van der Waals surface area contributed by atoms with Crippen LogP contribution in [0, 0.1) is 5.92 Å². The molecule has 0 atom stereocenters. The highest BCUT2D eigenvalue weighted by atomic mass is 16.1. The van der Waals surface area contributed by atoms with Gasteiger partial charge in [0.2, 0.25) is 0 Å². The van der Waals surface area contributed by atoms with Crippen molar-refractivity contribution in [3.05, 3.63) is 34.7 Å². The van der Waals surface area contributed by atoms with E-state index in [1.165, 1.54) is 0 Å². The van der Waals surface area contributed by atoms with E-state index in [9.17, 15) is 4.79 Å². The molecule has 17 heavy (non-hydrogen) atoms. The Morgan fingerprint density at radius 3 is 2.82 bits per heavy atom. The van der Waals surface area contributed by atoms with Gasteiger partial charge in [0, 0.05) is 6.54 Å². The lowest BCUT2D eigenvalue weighted by Gasteiger charge is -2.22. The molecule has 2 aromatic rings. The van der Waals surface area contributed by atoms with E-state index in [1.807, 2.05) is 28.8 Å². The molecule has 90 valence electrons. The fourth-order valence-corrected chi connectivity index (χ4v) is 2.61. The van der Waals surface area contributed by atoms with Crippen molar-refractivity contribution in [1.29, 1.82) is 0 Å². The van der Waals surface area contributed by atoms with E-state index >= 15 is 0 Å². The zero-order valence-corrected chi connectivity index (χ0v) is 9.78. The van der Waals surface area contributed by atoms with Gasteiger partial charge in [0.15, 0.2) is 0 Å². The number of benzene rings is 1. The number of rotatable bonds is 2. The molecule has 1 saturated heterocycles. The van der Waals surface area contributed by atoms with Crippen LogP contribution in [0.15, 0.2) is 29.1 Å². The van der Waals surface area contributed by atoms with Crippen molar-refractivity contribution in [2.75, 3.05) is 13.1 Å². The molecule has 2 heterocycles. The van der Waals surface area contributed by atoms with Crippen LogP contribution in [0.2, 0.25) is 0 Å². The number of hydrogen-bond acceptors (Lipinski definition) is 2. The second-order valence-electron chi connectivity index (χ2n) is 4.75. The number of nitrogens with one attached hydrogen (secondary N) is 2. The van der Waals surface area contributed by atoms with Crippen LogP contribution in [0.25, 0.3) is 11.0 Å². The summed E-state index contributed by atoms with van der Waals surface area (Å²) < 4.78 is 1.88. The van der Waals surface area contributed by atoms with Crippen LogP contribution in [0.1, 0.15) is 12.8 Å². The molecule has 4 heteroatoms. The van der Waals surface area contributed by atoms with Crippen molar-refractivity contribution in [3.8, 4) is 0 Å². The van der Waals surface area contributed by atoms with Crippen molar-refractivity contribution < 1.29 is 0 Å². The van der Waals surface area contributed by atoms with Crippen molar-refractivity contribution in [3.63, 3.8) is 0 Å². The quantitative estimate of drug-likeness (QED) is 0.819. The molecule has 3 rings (SSSR count). The molecule has 0 radical (unpaired) electrons. The van der Waals surface area contributed by atoms with E-state index < -0.39 is 0 Å². The predicted molar refractivity (Wildman–Crippen MR) is 68.2 cm³/mol. The molecular formula is C13H17N3O. The first-order valence-corrected chi connectivity index (χ1v) is 6.23. The molecular weight excluding hydrogens is 214 g/mol. The van der Waals surface area contributed by atoms with Crippen LogP contribution >= 0.6 is 0 Å². The summed E-state index contributed by atoms with van der Waals surface area (Å²) in [5, 5.41) is 3.35. The second-order valence-corrected chi connectivity index (χ2v) is 4.75. The van der Waals surface area contributed by atoms with E-state index in [0.717, 1.165) is 43.5 Å². The third-order valence-corrected chi connectivity index (χ3v) is 3.58. The van der Waals surface area contributed by atoms with Crippen LogP contribution < -0.4 is 11.0 Å². The molecule has 1 aliphatic heterocycles. The fourth-order valence-electron chi connectivity index (χ4n) is 2.61. The smallest absolute Gasteiger partial charge is 0.317 e. The van der Waals surface area contributed by atoms with Crippen molar-refractivity contribution >= 4 is 11.0 Å². The van der Waals surface area contributed by atoms with E-state index in [4.69, 9.17) is 0 Å². The van der Waals surface area contributed by atoms with Gasteiger partial charge in [-0.3, -0.25) is 4.57 Å². The largest absolute Gasteiger partial charge is 0.326 e. The number of H-pyrrole nitrogens is 1. The Labute approximate surface area is 99.6 Å². The SMILES string of the molecule is O=c1[nH]c2ccccc2n1CC1CCNCC1. The highest BCUT2D eigenvalue weighted by Gasteiger charge is 2.16. The highest BCUT2D eigenvalue weighted by Crippen LogP contribution is 2.16. The zero-order valence-electron chi connectivity index (χ0n) is 9.78. The van der Waals surface area contributed by atoms with Crippen LogP contribution in [0.4, 0.5) is 0 Å².